The van der Waals surface area contributed by atoms with Gasteiger partial charge >= 0.3 is 0 Å². The zero-order chi connectivity index (χ0) is 23.2. The van der Waals surface area contributed by atoms with E-state index in [1.807, 2.05) is 13.0 Å². The molecule has 0 N–H and O–H groups in total. The van der Waals surface area contributed by atoms with Crippen molar-refractivity contribution < 1.29 is 8.78 Å². The molecule has 1 nitrogen and oxygen atoms in total. The molecular formula is C30H33F2N. The van der Waals surface area contributed by atoms with Gasteiger partial charge in [-0.25, -0.2) is 8.78 Å². The van der Waals surface area contributed by atoms with Crippen molar-refractivity contribution in [3.63, 3.8) is 0 Å². The second-order valence-corrected chi connectivity index (χ2v) is 9.38. The van der Waals surface area contributed by atoms with E-state index >= 15 is 0 Å². The predicted octanol–water partition coefficient (Wildman–Crippen LogP) is 8.49. The first-order chi connectivity index (χ1) is 16.0. The van der Waals surface area contributed by atoms with E-state index in [0.717, 1.165) is 42.9 Å². The van der Waals surface area contributed by atoms with Crippen LogP contribution in [0.3, 0.4) is 0 Å². The molecule has 0 amide bonds. The van der Waals surface area contributed by atoms with E-state index in [1.54, 1.807) is 6.20 Å². The molecule has 3 aromatic rings. The molecule has 0 radical (unpaired) electrons. The van der Waals surface area contributed by atoms with Gasteiger partial charge in [-0.1, -0.05) is 74.6 Å². The van der Waals surface area contributed by atoms with Gasteiger partial charge in [0.1, 0.15) is 11.6 Å². The number of allylic oxidation sites excluding steroid dienone is 1. The van der Waals surface area contributed by atoms with E-state index in [1.165, 1.54) is 60.6 Å². The number of pyridine rings is 1. The standard InChI is InChI=1S/C30H33F2N/c1-3-6-22-11-14-24(15-12-22)17-25(16-13-23-7-4-8-23)18-26-19-27(20-33-21(26)2)30-28(31)9-5-10-29(30)32/h5,9-12,14-15,18-20,23H,3-4,6-8,13,16-17H2,1-2H3/b25-18+. The highest BCUT2D eigenvalue weighted by Crippen LogP contribution is 2.33. The fourth-order valence-electron chi connectivity index (χ4n) is 4.58. The lowest BCUT2D eigenvalue weighted by molar-refractivity contribution is 0.296. The van der Waals surface area contributed by atoms with Crippen molar-refractivity contribution in [3.05, 3.63) is 94.3 Å². The smallest absolute Gasteiger partial charge is 0.134 e. The first-order valence-electron chi connectivity index (χ1n) is 12.2. The van der Waals surface area contributed by atoms with Gasteiger partial charge in [0.2, 0.25) is 0 Å². The van der Waals surface area contributed by atoms with E-state index in [4.69, 9.17) is 0 Å². The van der Waals surface area contributed by atoms with Gasteiger partial charge in [-0.15, -0.1) is 0 Å². The minimum atomic E-state index is -0.562. The third-order valence-electron chi connectivity index (χ3n) is 6.83. The van der Waals surface area contributed by atoms with Crippen molar-refractivity contribution >= 4 is 6.08 Å². The Hall–Kier alpha value is -2.81. The van der Waals surface area contributed by atoms with Gasteiger partial charge in [0.05, 0.1) is 5.56 Å². The number of halogens is 2. The number of aromatic nitrogens is 1. The van der Waals surface area contributed by atoms with Crippen LogP contribution in [0.4, 0.5) is 8.78 Å². The second-order valence-electron chi connectivity index (χ2n) is 9.38. The molecule has 1 saturated carbocycles. The number of nitrogens with zero attached hydrogens (tertiary/aromatic N) is 1. The maximum atomic E-state index is 14.4. The summed E-state index contributed by atoms with van der Waals surface area (Å²) in [6.45, 7) is 4.16. The van der Waals surface area contributed by atoms with Crippen LogP contribution < -0.4 is 0 Å². The van der Waals surface area contributed by atoms with Gasteiger partial charge in [-0.2, -0.15) is 0 Å². The minimum absolute atomic E-state index is 0.0119. The summed E-state index contributed by atoms with van der Waals surface area (Å²) in [5.41, 5.74) is 6.29. The van der Waals surface area contributed by atoms with Crippen molar-refractivity contribution in [1.82, 2.24) is 4.98 Å². The van der Waals surface area contributed by atoms with Crippen molar-refractivity contribution in [1.29, 1.82) is 0 Å². The Labute approximate surface area is 196 Å². The Morgan fingerprint density at radius 1 is 1.03 bits per heavy atom. The molecule has 3 heteroatoms. The quantitative estimate of drug-likeness (QED) is 0.322. The van der Waals surface area contributed by atoms with Gasteiger partial charge in [0.25, 0.3) is 0 Å². The van der Waals surface area contributed by atoms with Crippen LogP contribution >= 0.6 is 0 Å². The highest BCUT2D eigenvalue weighted by molar-refractivity contribution is 5.69. The molecule has 172 valence electrons. The minimum Gasteiger partial charge on any atom is -0.260 e. The van der Waals surface area contributed by atoms with Crippen LogP contribution in [0.5, 0.6) is 0 Å². The van der Waals surface area contributed by atoms with Crippen molar-refractivity contribution in [2.45, 2.75) is 65.2 Å². The molecule has 0 bridgehead atoms. The maximum absolute atomic E-state index is 14.4. The van der Waals surface area contributed by atoms with Crippen LogP contribution in [0.15, 0.2) is 60.3 Å². The highest BCUT2D eigenvalue weighted by atomic mass is 19.1. The van der Waals surface area contributed by atoms with Crippen molar-refractivity contribution in [2.75, 3.05) is 0 Å². The van der Waals surface area contributed by atoms with Gasteiger partial charge in [0, 0.05) is 17.5 Å². The normalized spacial score (nSPS) is 14.4. The predicted molar refractivity (Wildman–Crippen MR) is 133 cm³/mol. The van der Waals surface area contributed by atoms with Gasteiger partial charge < -0.3 is 0 Å². The summed E-state index contributed by atoms with van der Waals surface area (Å²) in [6.07, 6.45) is 13.2. The molecule has 1 fully saturated rings. The van der Waals surface area contributed by atoms with Gasteiger partial charge in [-0.05, 0) is 73.4 Å². The molecule has 0 spiro atoms. The Kier molecular flexibility index (Phi) is 7.69. The summed E-state index contributed by atoms with van der Waals surface area (Å²) < 4.78 is 28.8. The van der Waals surface area contributed by atoms with Crippen LogP contribution in [0, 0.1) is 24.5 Å². The molecule has 4 rings (SSSR count). The van der Waals surface area contributed by atoms with Crippen LogP contribution in [0.1, 0.15) is 67.8 Å². The fraction of sp³-hybridized carbons (Fsp3) is 0.367. The van der Waals surface area contributed by atoms with Crippen LogP contribution in [0.2, 0.25) is 0 Å². The van der Waals surface area contributed by atoms with Crippen molar-refractivity contribution in [3.8, 4) is 11.1 Å². The molecule has 2 aromatic carbocycles. The summed E-state index contributed by atoms with van der Waals surface area (Å²) >= 11 is 0. The average molecular weight is 446 g/mol. The van der Waals surface area contributed by atoms with Crippen LogP contribution in [-0.2, 0) is 12.8 Å². The lowest BCUT2D eigenvalue weighted by Gasteiger charge is -2.25. The summed E-state index contributed by atoms with van der Waals surface area (Å²) in [4.78, 5) is 4.47. The molecule has 0 atom stereocenters. The van der Waals surface area contributed by atoms with Gasteiger partial charge in [-0.3, -0.25) is 4.98 Å². The third-order valence-corrected chi connectivity index (χ3v) is 6.83. The number of hydrogen-bond acceptors (Lipinski definition) is 1. The zero-order valence-corrected chi connectivity index (χ0v) is 19.7. The summed E-state index contributed by atoms with van der Waals surface area (Å²) in [6, 6.07) is 14.8. The first kappa shape index (κ1) is 23.4. The summed E-state index contributed by atoms with van der Waals surface area (Å²) in [5, 5.41) is 0. The molecule has 1 aliphatic carbocycles. The van der Waals surface area contributed by atoms with E-state index in [9.17, 15) is 8.78 Å². The highest BCUT2D eigenvalue weighted by Gasteiger charge is 2.18. The Bertz CT molecular complexity index is 1090. The fourth-order valence-corrected chi connectivity index (χ4v) is 4.58. The molecule has 1 heterocycles. The number of rotatable bonds is 9. The summed E-state index contributed by atoms with van der Waals surface area (Å²) in [5.74, 6) is -0.292. The van der Waals surface area contributed by atoms with E-state index in [0.29, 0.717) is 5.56 Å². The van der Waals surface area contributed by atoms with E-state index in [2.05, 4.69) is 42.2 Å². The molecule has 1 aromatic heterocycles. The first-order valence-corrected chi connectivity index (χ1v) is 12.2. The molecule has 33 heavy (non-hydrogen) atoms. The zero-order valence-electron chi connectivity index (χ0n) is 19.7. The lowest BCUT2D eigenvalue weighted by Crippen LogP contribution is -2.11. The Morgan fingerprint density at radius 2 is 1.73 bits per heavy atom. The number of hydrogen-bond donors (Lipinski definition) is 0. The van der Waals surface area contributed by atoms with Gasteiger partial charge in [0.15, 0.2) is 0 Å². The largest absolute Gasteiger partial charge is 0.260 e. The number of aryl methyl sites for hydroxylation is 2. The SMILES string of the molecule is CCCc1ccc(C/C(=C/c2cc(-c3c(F)cccc3F)cnc2C)CCC2CCC2)cc1. The van der Waals surface area contributed by atoms with Crippen LogP contribution in [0.25, 0.3) is 17.2 Å². The second kappa shape index (κ2) is 10.9. The van der Waals surface area contributed by atoms with E-state index in [-0.39, 0.29) is 5.56 Å². The molecule has 0 unspecified atom stereocenters. The molecule has 1 aliphatic rings. The van der Waals surface area contributed by atoms with Crippen molar-refractivity contribution in [2.24, 2.45) is 5.92 Å². The number of benzene rings is 2. The lowest BCUT2D eigenvalue weighted by atomic mass is 9.80. The third kappa shape index (κ3) is 5.96. The topological polar surface area (TPSA) is 12.9 Å². The monoisotopic (exact) mass is 445 g/mol. The Balaban J connectivity index is 1.64. The average Bonchev–Trinajstić information content (AvgIpc) is 2.76. The Morgan fingerprint density at radius 3 is 2.36 bits per heavy atom. The molecule has 0 saturated heterocycles. The van der Waals surface area contributed by atoms with Crippen LogP contribution in [-0.4, -0.2) is 4.98 Å². The maximum Gasteiger partial charge on any atom is 0.134 e. The molecular weight excluding hydrogens is 412 g/mol. The van der Waals surface area contributed by atoms with E-state index < -0.39 is 11.6 Å². The summed E-state index contributed by atoms with van der Waals surface area (Å²) in [7, 11) is 0. The molecule has 0 aliphatic heterocycles.